The first kappa shape index (κ1) is 12.6. The third-order valence-electron chi connectivity index (χ3n) is 2.34. The minimum atomic E-state index is -1.26. The molecule has 84 valence electrons. The Bertz CT molecular complexity index is 331. The van der Waals surface area contributed by atoms with Crippen molar-refractivity contribution >= 4 is 29.2 Å². The molecule has 0 aromatic rings. The van der Waals surface area contributed by atoms with Crippen molar-refractivity contribution in [3.05, 3.63) is 0 Å². The Balaban J connectivity index is 2.82. The lowest BCUT2D eigenvalue weighted by molar-refractivity contribution is -0.159. The number of ether oxygens (including phenoxy) is 1. The van der Waals surface area contributed by atoms with Crippen LogP contribution in [-0.4, -0.2) is 22.3 Å². The maximum Gasteiger partial charge on any atom is 0.328 e. The molecule has 0 amide bonds. The second-order valence-corrected chi connectivity index (χ2v) is 5.79. The summed E-state index contributed by atoms with van der Waals surface area (Å²) in [6.45, 7) is 5.24. The van der Waals surface area contributed by atoms with Crippen LogP contribution < -0.4 is 0 Å². The second kappa shape index (κ2) is 3.54. The Morgan fingerprint density at radius 1 is 1.60 bits per heavy atom. The van der Waals surface area contributed by atoms with Crippen molar-refractivity contribution in [2.24, 2.45) is 5.41 Å². The predicted molar refractivity (Wildman–Crippen MR) is 57.8 cm³/mol. The predicted octanol–water partition coefficient (Wildman–Crippen LogP) is 2.46. The van der Waals surface area contributed by atoms with Crippen LogP contribution in [0.2, 0.25) is 0 Å². The van der Waals surface area contributed by atoms with Gasteiger partial charge in [0.15, 0.2) is 5.41 Å². The van der Waals surface area contributed by atoms with Gasteiger partial charge in [-0.2, -0.15) is 5.26 Å². The van der Waals surface area contributed by atoms with Gasteiger partial charge in [0.25, 0.3) is 0 Å². The topological polar surface area (TPSA) is 50.1 Å². The lowest BCUT2D eigenvalue weighted by Crippen LogP contribution is -2.33. The average Bonchev–Trinajstić information content (AvgIpc) is 2.71. The maximum absolute atomic E-state index is 11.8. The molecule has 1 fully saturated rings. The molecule has 0 heterocycles. The third-order valence-corrected chi connectivity index (χ3v) is 3.52. The Morgan fingerprint density at radius 2 is 2.13 bits per heavy atom. The van der Waals surface area contributed by atoms with Gasteiger partial charge in [-0.25, -0.2) is 0 Å². The summed E-state index contributed by atoms with van der Waals surface area (Å²) in [6, 6.07) is 1.93. The minimum Gasteiger partial charge on any atom is -0.459 e. The number of halogens is 2. The quantitative estimate of drug-likeness (QED) is 0.558. The fourth-order valence-electron chi connectivity index (χ4n) is 1.34. The van der Waals surface area contributed by atoms with Gasteiger partial charge in [0.2, 0.25) is 0 Å². The van der Waals surface area contributed by atoms with E-state index in [0.29, 0.717) is 0 Å². The molecule has 0 aliphatic heterocycles. The fraction of sp³-hybridized carbons (Fsp3) is 0.800. The Hall–Kier alpha value is -0.460. The van der Waals surface area contributed by atoms with Crippen LogP contribution in [0.1, 0.15) is 27.2 Å². The molecule has 0 bridgehead atoms. The SMILES string of the molecule is CC(C)(C)OC(=O)[C@@]1(C#N)C[C@@]1(Cl)CCl. The first-order valence-corrected chi connectivity index (χ1v) is 5.52. The maximum atomic E-state index is 11.8. The number of hydrogen-bond acceptors (Lipinski definition) is 3. The van der Waals surface area contributed by atoms with Gasteiger partial charge in [0, 0.05) is 12.3 Å². The van der Waals surface area contributed by atoms with Crippen LogP contribution in [0.4, 0.5) is 0 Å². The highest BCUT2D eigenvalue weighted by atomic mass is 35.5. The van der Waals surface area contributed by atoms with Crippen LogP contribution >= 0.6 is 23.2 Å². The number of rotatable bonds is 2. The molecular formula is C10H13Cl2NO2. The summed E-state index contributed by atoms with van der Waals surface area (Å²) in [7, 11) is 0. The zero-order chi connectivity index (χ0) is 11.9. The molecule has 3 nitrogen and oxygen atoms in total. The molecule has 1 rings (SSSR count). The highest BCUT2D eigenvalue weighted by Crippen LogP contribution is 2.62. The summed E-state index contributed by atoms with van der Waals surface area (Å²) < 4.78 is 5.15. The molecule has 0 unspecified atom stereocenters. The highest BCUT2D eigenvalue weighted by Gasteiger charge is 2.73. The van der Waals surface area contributed by atoms with Gasteiger partial charge in [-0.15, -0.1) is 23.2 Å². The van der Waals surface area contributed by atoms with E-state index in [1.54, 1.807) is 20.8 Å². The van der Waals surface area contributed by atoms with Crippen LogP contribution in [0.5, 0.6) is 0 Å². The molecule has 0 spiro atoms. The van der Waals surface area contributed by atoms with Gasteiger partial charge in [-0.05, 0) is 20.8 Å². The van der Waals surface area contributed by atoms with E-state index < -0.39 is 21.9 Å². The fourth-order valence-corrected chi connectivity index (χ4v) is 1.99. The van der Waals surface area contributed by atoms with Crippen molar-refractivity contribution < 1.29 is 9.53 Å². The Kier molecular flexibility index (Phi) is 2.97. The zero-order valence-electron chi connectivity index (χ0n) is 8.93. The van der Waals surface area contributed by atoms with E-state index in [0.717, 1.165) is 0 Å². The number of hydrogen-bond donors (Lipinski definition) is 0. The van der Waals surface area contributed by atoms with Crippen LogP contribution in [0, 0.1) is 16.7 Å². The average molecular weight is 250 g/mol. The molecule has 1 aliphatic rings. The van der Waals surface area contributed by atoms with Gasteiger partial charge in [-0.1, -0.05) is 0 Å². The number of nitriles is 1. The minimum absolute atomic E-state index is 0.0708. The zero-order valence-corrected chi connectivity index (χ0v) is 10.4. The van der Waals surface area contributed by atoms with Crippen LogP contribution in [0.3, 0.4) is 0 Å². The second-order valence-electron chi connectivity index (χ2n) is 4.79. The number of esters is 1. The van der Waals surface area contributed by atoms with Crippen LogP contribution in [-0.2, 0) is 9.53 Å². The molecular weight excluding hydrogens is 237 g/mol. The molecule has 5 heteroatoms. The summed E-state index contributed by atoms with van der Waals surface area (Å²) in [5.74, 6) is -0.505. The molecule has 0 saturated heterocycles. The van der Waals surface area contributed by atoms with Crippen molar-refractivity contribution in [3.63, 3.8) is 0 Å². The summed E-state index contributed by atoms with van der Waals surface area (Å²) in [5.41, 5.74) is -1.88. The van der Waals surface area contributed by atoms with Crippen LogP contribution in [0.25, 0.3) is 0 Å². The summed E-state index contributed by atoms with van der Waals surface area (Å²) in [5, 5.41) is 9.00. The number of alkyl halides is 2. The van der Waals surface area contributed by atoms with E-state index in [1.807, 2.05) is 6.07 Å². The first-order valence-electron chi connectivity index (χ1n) is 4.60. The summed E-state index contributed by atoms with van der Waals surface area (Å²) in [6.07, 6.45) is 0.260. The van der Waals surface area contributed by atoms with Crippen molar-refractivity contribution in [1.29, 1.82) is 5.26 Å². The van der Waals surface area contributed by atoms with Gasteiger partial charge < -0.3 is 4.74 Å². The molecule has 0 aromatic carbocycles. The Labute approximate surface area is 99.3 Å². The molecule has 1 saturated carbocycles. The molecule has 0 aromatic heterocycles. The summed E-state index contributed by atoms with van der Waals surface area (Å²) in [4.78, 5) is 10.8. The monoisotopic (exact) mass is 249 g/mol. The van der Waals surface area contributed by atoms with Gasteiger partial charge in [-0.3, -0.25) is 4.79 Å². The molecule has 15 heavy (non-hydrogen) atoms. The number of carbonyl (C=O) groups excluding carboxylic acids is 1. The lowest BCUT2D eigenvalue weighted by Gasteiger charge is -2.22. The van der Waals surface area contributed by atoms with Crippen molar-refractivity contribution in [2.45, 2.75) is 37.7 Å². The van der Waals surface area contributed by atoms with E-state index in [4.69, 9.17) is 33.2 Å². The Morgan fingerprint density at radius 3 is 2.40 bits per heavy atom. The van der Waals surface area contributed by atoms with Crippen LogP contribution in [0.15, 0.2) is 0 Å². The van der Waals surface area contributed by atoms with Gasteiger partial charge in [0.05, 0.1) is 10.9 Å². The highest BCUT2D eigenvalue weighted by molar-refractivity contribution is 6.35. The molecule has 0 N–H and O–H groups in total. The summed E-state index contributed by atoms with van der Waals surface area (Å²) >= 11 is 11.6. The van der Waals surface area contributed by atoms with E-state index in [1.165, 1.54) is 0 Å². The van der Waals surface area contributed by atoms with E-state index >= 15 is 0 Å². The molecule has 1 aliphatic carbocycles. The third kappa shape index (κ3) is 2.07. The lowest BCUT2D eigenvalue weighted by atomic mass is 10.1. The normalized spacial score (nSPS) is 34.4. The van der Waals surface area contributed by atoms with Crippen molar-refractivity contribution in [1.82, 2.24) is 0 Å². The number of nitrogens with zero attached hydrogens (tertiary/aromatic N) is 1. The van der Waals surface area contributed by atoms with Gasteiger partial charge >= 0.3 is 5.97 Å². The largest absolute Gasteiger partial charge is 0.459 e. The van der Waals surface area contributed by atoms with E-state index in [-0.39, 0.29) is 12.3 Å². The smallest absolute Gasteiger partial charge is 0.328 e. The molecule has 0 radical (unpaired) electrons. The number of carbonyl (C=O) groups is 1. The van der Waals surface area contributed by atoms with Gasteiger partial charge in [0.1, 0.15) is 5.60 Å². The van der Waals surface area contributed by atoms with Crippen molar-refractivity contribution in [3.8, 4) is 6.07 Å². The van der Waals surface area contributed by atoms with E-state index in [9.17, 15) is 4.79 Å². The first-order chi connectivity index (χ1) is 6.71. The molecule has 2 atom stereocenters. The standard InChI is InChI=1S/C10H13Cl2NO2/c1-8(2,3)15-7(14)9(6-13)4-10(9,12)5-11/h4-5H2,1-3H3/t9-,10+/m0/s1. The van der Waals surface area contributed by atoms with E-state index in [2.05, 4.69) is 0 Å². The van der Waals surface area contributed by atoms with Crippen molar-refractivity contribution in [2.75, 3.05) is 5.88 Å².